The summed E-state index contributed by atoms with van der Waals surface area (Å²) in [7, 11) is 0. The van der Waals surface area contributed by atoms with E-state index in [1.54, 1.807) is 12.1 Å². The van der Waals surface area contributed by atoms with Crippen LogP contribution < -0.4 is 19.7 Å². The van der Waals surface area contributed by atoms with Crippen molar-refractivity contribution in [1.82, 2.24) is 10.2 Å². The zero-order valence-corrected chi connectivity index (χ0v) is 17.8. The molecule has 1 N–H and O–H groups in total. The van der Waals surface area contributed by atoms with Gasteiger partial charge in [-0.1, -0.05) is 18.2 Å². The maximum Gasteiger partial charge on any atom is 0.251 e. The molecule has 0 aromatic heterocycles. The molecule has 31 heavy (non-hydrogen) atoms. The summed E-state index contributed by atoms with van der Waals surface area (Å²) < 4.78 is 10.7. The van der Waals surface area contributed by atoms with Crippen LogP contribution in [0.15, 0.2) is 42.5 Å². The molecule has 5 heterocycles. The molecule has 0 saturated carbocycles. The average Bonchev–Trinajstić information content (AvgIpc) is 3.45. The Morgan fingerprint density at radius 1 is 1.10 bits per heavy atom. The van der Waals surface area contributed by atoms with Crippen molar-refractivity contribution in [1.29, 1.82) is 0 Å². The second kappa shape index (κ2) is 7.75. The Bertz CT molecular complexity index is 994. The van der Waals surface area contributed by atoms with Gasteiger partial charge in [0.05, 0.1) is 0 Å². The van der Waals surface area contributed by atoms with Gasteiger partial charge in [0.25, 0.3) is 5.91 Å². The van der Waals surface area contributed by atoms with E-state index in [2.05, 4.69) is 39.4 Å². The predicted octanol–water partition coefficient (Wildman–Crippen LogP) is 2.92. The molecular formula is C25H29N3O3. The minimum absolute atomic E-state index is 0.0360. The van der Waals surface area contributed by atoms with Crippen LogP contribution >= 0.6 is 0 Å². The molecule has 2 aromatic carbocycles. The lowest BCUT2D eigenvalue weighted by Crippen LogP contribution is -2.58. The molecule has 2 aromatic rings. The average molecular weight is 420 g/mol. The minimum Gasteiger partial charge on any atom is -0.454 e. The number of nitrogens with zero attached hydrogens (tertiary/aromatic N) is 2. The van der Waals surface area contributed by atoms with Gasteiger partial charge < -0.3 is 19.7 Å². The Kier molecular flexibility index (Phi) is 4.75. The number of nitrogens with one attached hydrogen (secondary N) is 1. The van der Waals surface area contributed by atoms with E-state index in [0.29, 0.717) is 29.6 Å². The lowest BCUT2D eigenvalue weighted by molar-refractivity contribution is 0.00495. The third-order valence-corrected chi connectivity index (χ3v) is 7.59. The van der Waals surface area contributed by atoms with Gasteiger partial charge in [-0.15, -0.1) is 0 Å². The molecule has 0 spiro atoms. The number of ether oxygens (including phenoxy) is 2. The molecule has 2 bridgehead atoms. The fraction of sp³-hybridized carbons (Fsp3) is 0.480. The van der Waals surface area contributed by atoms with Crippen molar-refractivity contribution in [3.05, 3.63) is 53.6 Å². The number of rotatable bonds is 5. The van der Waals surface area contributed by atoms with E-state index in [4.69, 9.17) is 9.47 Å². The fourth-order valence-electron chi connectivity index (χ4n) is 5.90. The maximum absolute atomic E-state index is 12.7. The first kappa shape index (κ1) is 19.0. The summed E-state index contributed by atoms with van der Waals surface area (Å²) in [5.41, 5.74) is 3.56. The van der Waals surface area contributed by atoms with Crippen LogP contribution in [0.1, 0.15) is 28.8 Å². The van der Waals surface area contributed by atoms with E-state index in [9.17, 15) is 4.79 Å². The number of carbonyl (C=O) groups is 1. The lowest BCUT2D eigenvalue weighted by atomic mass is 9.75. The van der Waals surface area contributed by atoms with Crippen molar-refractivity contribution < 1.29 is 14.3 Å². The van der Waals surface area contributed by atoms with E-state index in [1.165, 1.54) is 30.5 Å². The van der Waals surface area contributed by atoms with Crippen LogP contribution in [0.2, 0.25) is 0 Å². The van der Waals surface area contributed by atoms with Crippen LogP contribution in [0, 0.1) is 11.8 Å². The first-order chi connectivity index (χ1) is 15.2. The molecule has 6 heteroatoms. The molecule has 4 atom stereocenters. The number of piperidine rings is 3. The summed E-state index contributed by atoms with van der Waals surface area (Å²) in [4.78, 5) is 17.9. The lowest BCUT2D eigenvalue weighted by Gasteiger charge is -2.51. The van der Waals surface area contributed by atoms with Gasteiger partial charge in [-0.25, -0.2) is 0 Å². The van der Waals surface area contributed by atoms with Crippen LogP contribution in [-0.2, 0) is 6.42 Å². The molecule has 162 valence electrons. The highest BCUT2D eigenvalue weighted by Crippen LogP contribution is 2.38. The highest BCUT2D eigenvalue weighted by atomic mass is 16.7. The summed E-state index contributed by atoms with van der Waals surface area (Å²) in [6.45, 7) is 5.55. The number of benzene rings is 2. The van der Waals surface area contributed by atoms with Crippen molar-refractivity contribution in [2.45, 2.75) is 25.3 Å². The molecule has 5 aliphatic heterocycles. The predicted molar refractivity (Wildman–Crippen MR) is 119 cm³/mol. The normalized spacial score (nSPS) is 27.9. The first-order valence-electron chi connectivity index (χ1n) is 11.5. The summed E-state index contributed by atoms with van der Waals surface area (Å²) in [5, 5.41) is 3.16. The van der Waals surface area contributed by atoms with Gasteiger partial charge in [0.2, 0.25) is 6.79 Å². The summed E-state index contributed by atoms with van der Waals surface area (Å²) in [6, 6.07) is 14.7. The Morgan fingerprint density at radius 3 is 2.90 bits per heavy atom. The third kappa shape index (κ3) is 3.53. The molecule has 5 aliphatic rings. The van der Waals surface area contributed by atoms with Crippen molar-refractivity contribution in [2.24, 2.45) is 11.8 Å². The second-order valence-corrected chi connectivity index (χ2v) is 9.30. The third-order valence-electron chi connectivity index (χ3n) is 7.59. The molecule has 0 radical (unpaired) electrons. The summed E-state index contributed by atoms with van der Waals surface area (Å²) in [6.07, 6.45) is 3.64. The van der Waals surface area contributed by atoms with Crippen LogP contribution in [-0.4, -0.2) is 56.4 Å². The van der Waals surface area contributed by atoms with E-state index < -0.39 is 0 Å². The second-order valence-electron chi connectivity index (χ2n) is 9.30. The molecule has 3 fully saturated rings. The summed E-state index contributed by atoms with van der Waals surface area (Å²) >= 11 is 0. The van der Waals surface area contributed by atoms with E-state index >= 15 is 0 Å². The van der Waals surface area contributed by atoms with Crippen LogP contribution in [0.25, 0.3) is 0 Å². The number of amides is 1. The van der Waals surface area contributed by atoms with Crippen LogP contribution in [0.4, 0.5) is 5.69 Å². The molecular weight excluding hydrogens is 390 g/mol. The first-order valence-corrected chi connectivity index (χ1v) is 11.5. The number of para-hydroxylation sites is 1. The molecule has 7 rings (SSSR count). The molecule has 1 amide bonds. The Morgan fingerprint density at radius 2 is 2.00 bits per heavy atom. The fourth-order valence-corrected chi connectivity index (χ4v) is 5.90. The van der Waals surface area contributed by atoms with E-state index in [0.717, 1.165) is 38.0 Å². The number of anilines is 1. The van der Waals surface area contributed by atoms with Gasteiger partial charge in [0.15, 0.2) is 11.5 Å². The zero-order valence-electron chi connectivity index (χ0n) is 17.8. The minimum atomic E-state index is -0.0360. The largest absolute Gasteiger partial charge is 0.454 e. The highest BCUT2D eigenvalue weighted by Gasteiger charge is 2.41. The molecule has 6 nitrogen and oxygen atoms in total. The topological polar surface area (TPSA) is 54.0 Å². The van der Waals surface area contributed by atoms with Gasteiger partial charge in [-0.2, -0.15) is 0 Å². The number of hydrogen-bond donors (Lipinski definition) is 1. The Labute approximate surface area is 183 Å². The smallest absolute Gasteiger partial charge is 0.251 e. The number of hydrogen-bond acceptors (Lipinski definition) is 5. The summed E-state index contributed by atoms with van der Waals surface area (Å²) in [5.74, 6) is 2.80. The van der Waals surface area contributed by atoms with E-state index in [1.807, 2.05) is 6.07 Å². The SMILES string of the molecule is O=C(NCC1CC2CCN1CC2CN1CCc2ccccc21)c1ccc2c(c1)OCO2. The van der Waals surface area contributed by atoms with Crippen LogP contribution in [0.3, 0.4) is 0 Å². The van der Waals surface area contributed by atoms with Crippen LogP contribution in [0.5, 0.6) is 11.5 Å². The van der Waals surface area contributed by atoms with Gasteiger partial charge in [0, 0.05) is 43.5 Å². The highest BCUT2D eigenvalue weighted by molar-refractivity contribution is 5.94. The Balaban J connectivity index is 1.05. The quantitative estimate of drug-likeness (QED) is 0.808. The molecule has 3 saturated heterocycles. The maximum atomic E-state index is 12.7. The van der Waals surface area contributed by atoms with Gasteiger partial charge in [-0.05, 0) is 67.5 Å². The molecule has 0 aliphatic carbocycles. The van der Waals surface area contributed by atoms with E-state index in [-0.39, 0.29) is 12.7 Å². The standard InChI is InChI=1S/C25H29N3O3/c29-25(19-5-6-23-24(12-19)31-16-30-23)26-13-21-11-18-8-9-27(21)14-20(18)15-28-10-7-17-3-1-2-4-22(17)28/h1-6,12,18,20-21H,7-11,13-16H2,(H,26,29). The van der Waals surface area contributed by atoms with Crippen molar-refractivity contribution >= 4 is 11.6 Å². The number of fused-ring (bicyclic) bond motifs is 5. The van der Waals surface area contributed by atoms with Crippen molar-refractivity contribution in [2.75, 3.05) is 44.4 Å². The van der Waals surface area contributed by atoms with Gasteiger partial charge in [-0.3, -0.25) is 9.69 Å². The Hall–Kier alpha value is -2.73. The van der Waals surface area contributed by atoms with Crippen molar-refractivity contribution in [3.63, 3.8) is 0 Å². The van der Waals surface area contributed by atoms with Gasteiger partial charge >= 0.3 is 0 Å². The van der Waals surface area contributed by atoms with Gasteiger partial charge in [0.1, 0.15) is 0 Å². The monoisotopic (exact) mass is 419 g/mol. The van der Waals surface area contributed by atoms with Crippen molar-refractivity contribution in [3.8, 4) is 11.5 Å². The molecule has 4 unspecified atom stereocenters. The number of carbonyl (C=O) groups excluding carboxylic acids is 1. The zero-order chi connectivity index (χ0) is 20.8.